The SMILES string of the molecule is NS(=O)(=O)c1ccc(Cl)c([N+](=O)[O-])c1-c1cccc2ccccc12. The summed E-state index contributed by atoms with van der Waals surface area (Å²) in [6, 6.07) is 14.6. The highest BCUT2D eigenvalue weighted by Crippen LogP contribution is 2.42. The monoisotopic (exact) mass is 362 g/mol. The summed E-state index contributed by atoms with van der Waals surface area (Å²) in [7, 11) is -4.19. The van der Waals surface area contributed by atoms with Crippen LogP contribution >= 0.6 is 11.6 Å². The second-order valence-corrected chi connectivity index (χ2v) is 7.04. The molecule has 0 unspecified atom stereocenters. The van der Waals surface area contributed by atoms with Crippen molar-refractivity contribution < 1.29 is 13.3 Å². The summed E-state index contributed by atoms with van der Waals surface area (Å²) in [5.41, 5.74) is -0.210. The van der Waals surface area contributed by atoms with Gasteiger partial charge in [0.15, 0.2) is 0 Å². The van der Waals surface area contributed by atoms with Crippen LogP contribution in [0.3, 0.4) is 0 Å². The number of primary sulfonamides is 1. The van der Waals surface area contributed by atoms with Crippen LogP contribution in [0.25, 0.3) is 21.9 Å². The number of hydrogen-bond donors (Lipinski definition) is 1. The third-order valence-electron chi connectivity index (χ3n) is 3.64. The van der Waals surface area contributed by atoms with Crippen LogP contribution in [0.1, 0.15) is 0 Å². The Balaban J connectivity index is 2.54. The minimum absolute atomic E-state index is 0.105. The Morgan fingerprint density at radius 2 is 1.67 bits per heavy atom. The van der Waals surface area contributed by atoms with Crippen LogP contribution in [0.5, 0.6) is 0 Å². The maximum Gasteiger partial charge on any atom is 0.297 e. The summed E-state index contributed by atoms with van der Waals surface area (Å²) < 4.78 is 23.9. The molecule has 0 atom stereocenters. The fraction of sp³-hybridized carbons (Fsp3) is 0. The molecule has 0 aliphatic rings. The van der Waals surface area contributed by atoms with Crippen LogP contribution in [-0.4, -0.2) is 13.3 Å². The summed E-state index contributed by atoms with van der Waals surface area (Å²) in [5, 5.41) is 18.1. The molecule has 0 fully saturated rings. The predicted molar refractivity (Wildman–Crippen MR) is 92.4 cm³/mol. The number of nitrogens with zero attached hydrogens (tertiary/aromatic N) is 1. The molecule has 122 valence electrons. The minimum atomic E-state index is -4.19. The molecular weight excluding hydrogens is 352 g/mol. The zero-order valence-electron chi connectivity index (χ0n) is 12.1. The van der Waals surface area contributed by atoms with E-state index < -0.39 is 20.6 Å². The van der Waals surface area contributed by atoms with Crippen molar-refractivity contribution >= 4 is 38.1 Å². The van der Waals surface area contributed by atoms with Gasteiger partial charge >= 0.3 is 0 Å². The molecule has 2 N–H and O–H groups in total. The smallest absolute Gasteiger partial charge is 0.258 e. The van der Waals surface area contributed by atoms with Gasteiger partial charge in [-0.05, 0) is 28.5 Å². The molecule has 0 amide bonds. The Morgan fingerprint density at radius 1 is 1.00 bits per heavy atom. The summed E-state index contributed by atoms with van der Waals surface area (Å²) in [6.45, 7) is 0. The van der Waals surface area contributed by atoms with Gasteiger partial charge < -0.3 is 0 Å². The van der Waals surface area contributed by atoms with Crippen molar-refractivity contribution in [1.82, 2.24) is 0 Å². The molecule has 0 aromatic heterocycles. The topological polar surface area (TPSA) is 103 Å². The highest BCUT2D eigenvalue weighted by atomic mass is 35.5. The van der Waals surface area contributed by atoms with Crippen molar-refractivity contribution in [2.75, 3.05) is 0 Å². The standard InChI is InChI=1S/C16H11ClN2O4S/c17-13-8-9-14(24(18,22)23)15(16(13)19(20)21)12-7-3-5-10-4-1-2-6-11(10)12/h1-9H,(H2,18,22,23). The van der Waals surface area contributed by atoms with Crippen LogP contribution in [0, 0.1) is 10.1 Å². The van der Waals surface area contributed by atoms with Gasteiger partial charge in [0.05, 0.1) is 15.4 Å². The molecule has 0 bridgehead atoms. The van der Waals surface area contributed by atoms with Crippen molar-refractivity contribution in [2.45, 2.75) is 4.90 Å². The van der Waals surface area contributed by atoms with E-state index in [1.807, 2.05) is 18.2 Å². The Morgan fingerprint density at radius 3 is 2.33 bits per heavy atom. The lowest BCUT2D eigenvalue weighted by Crippen LogP contribution is -2.14. The zero-order chi connectivity index (χ0) is 17.5. The van der Waals surface area contributed by atoms with Crippen molar-refractivity contribution in [3.8, 4) is 11.1 Å². The third-order valence-corrected chi connectivity index (χ3v) is 4.90. The molecule has 8 heteroatoms. The largest absolute Gasteiger partial charge is 0.297 e. The van der Waals surface area contributed by atoms with E-state index in [1.165, 1.54) is 6.07 Å². The zero-order valence-corrected chi connectivity index (χ0v) is 13.7. The lowest BCUT2D eigenvalue weighted by molar-refractivity contribution is -0.384. The molecule has 3 aromatic rings. The number of halogens is 1. The van der Waals surface area contributed by atoms with Gasteiger partial charge in [-0.2, -0.15) is 0 Å². The van der Waals surface area contributed by atoms with E-state index in [2.05, 4.69) is 0 Å². The average Bonchev–Trinajstić information content (AvgIpc) is 2.52. The molecule has 6 nitrogen and oxygen atoms in total. The van der Waals surface area contributed by atoms with Crippen molar-refractivity contribution in [3.05, 3.63) is 69.7 Å². The van der Waals surface area contributed by atoms with Crippen molar-refractivity contribution in [3.63, 3.8) is 0 Å². The average molecular weight is 363 g/mol. The molecule has 0 spiro atoms. The molecule has 0 saturated heterocycles. The van der Waals surface area contributed by atoms with Crippen LogP contribution < -0.4 is 5.14 Å². The number of hydrogen-bond acceptors (Lipinski definition) is 4. The first kappa shape index (κ1) is 16.4. The lowest BCUT2D eigenvalue weighted by Gasteiger charge is -2.12. The molecule has 0 aliphatic carbocycles. The predicted octanol–water partition coefficient (Wildman–Crippen LogP) is 3.72. The van der Waals surface area contributed by atoms with E-state index in [9.17, 15) is 18.5 Å². The number of nitro groups is 1. The van der Waals surface area contributed by atoms with E-state index in [0.29, 0.717) is 10.9 Å². The minimum Gasteiger partial charge on any atom is -0.258 e. The van der Waals surface area contributed by atoms with Gasteiger partial charge in [0, 0.05) is 0 Å². The number of fused-ring (bicyclic) bond motifs is 1. The van der Waals surface area contributed by atoms with Gasteiger partial charge in [-0.15, -0.1) is 0 Å². The fourth-order valence-corrected chi connectivity index (χ4v) is 3.64. The normalized spacial score (nSPS) is 11.6. The Labute approximate surface area is 142 Å². The van der Waals surface area contributed by atoms with E-state index in [-0.39, 0.29) is 15.5 Å². The van der Waals surface area contributed by atoms with Crippen LogP contribution in [0.4, 0.5) is 5.69 Å². The van der Waals surface area contributed by atoms with Gasteiger partial charge in [0.2, 0.25) is 10.0 Å². The van der Waals surface area contributed by atoms with Crippen LogP contribution in [-0.2, 0) is 10.0 Å². The molecule has 0 aliphatic heterocycles. The molecular formula is C16H11ClN2O4S. The Bertz CT molecular complexity index is 1080. The maximum absolute atomic E-state index is 12.0. The second kappa shape index (κ2) is 5.86. The summed E-state index contributed by atoms with van der Waals surface area (Å²) in [5.74, 6) is 0. The summed E-state index contributed by atoms with van der Waals surface area (Å²) in [4.78, 5) is 10.5. The number of rotatable bonds is 3. The second-order valence-electron chi connectivity index (χ2n) is 5.10. The summed E-state index contributed by atoms with van der Waals surface area (Å²) in [6.07, 6.45) is 0. The van der Waals surface area contributed by atoms with E-state index >= 15 is 0 Å². The van der Waals surface area contributed by atoms with E-state index in [0.717, 1.165) is 11.5 Å². The number of sulfonamides is 1. The molecule has 0 heterocycles. The van der Waals surface area contributed by atoms with Crippen molar-refractivity contribution in [2.24, 2.45) is 5.14 Å². The van der Waals surface area contributed by atoms with E-state index in [4.69, 9.17) is 16.7 Å². The lowest BCUT2D eigenvalue weighted by atomic mass is 9.97. The number of benzene rings is 3. The van der Waals surface area contributed by atoms with Crippen LogP contribution in [0.2, 0.25) is 5.02 Å². The summed E-state index contributed by atoms with van der Waals surface area (Å²) >= 11 is 5.97. The maximum atomic E-state index is 12.0. The van der Waals surface area contributed by atoms with Gasteiger partial charge in [-0.3, -0.25) is 10.1 Å². The first-order valence-electron chi connectivity index (χ1n) is 6.78. The molecule has 24 heavy (non-hydrogen) atoms. The third kappa shape index (κ3) is 2.73. The number of nitro benzene ring substituents is 1. The van der Waals surface area contributed by atoms with Gasteiger partial charge in [-0.1, -0.05) is 54.1 Å². The quantitative estimate of drug-likeness (QED) is 0.566. The number of nitrogens with two attached hydrogens (primary N) is 1. The highest BCUT2D eigenvalue weighted by molar-refractivity contribution is 7.89. The highest BCUT2D eigenvalue weighted by Gasteiger charge is 2.29. The Hall–Kier alpha value is -2.48. The first-order valence-corrected chi connectivity index (χ1v) is 8.71. The Kier molecular flexibility index (Phi) is 4.00. The van der Waals surface area contributed by atoms with Gasteiger partial charge in [0.1, 0.15) is 5.02 Å². The fourth-order valence-electron chi connectivity index (χ4n) is 2.67. The molecule has 0 saturated carbocycles. The van der Waals surface area contributed by atoms with E-state index in [1.54, 1.807) is 24.3 Å². The first-order chi connectivity index (χ1) is 11.3. The molecule has 0 radical (unpaired) electrons. The van der Waals surface area contributed by atoms with Crippen molar-refractivity contribution in [1.29, 1.82) is 0 Å². The van der Waals surface area contributed by atoms with Gasteiger partial charge in [-0.25, -0.2) is 13.6 Å². The van der Waals surface area contributed by atoms with Gasteiger partial charge in [0.25, 0.3) is 5.69 Å². The molecule has 3 aromatic carbocycles. The van der Waals surface area contributed by atoms with Crippen LogP contribution in [0.15, 0.2) is 59.5 Å². The molecule has 3 rings (SSSR count).